The van der Waals surface area contributed by atoms with Crippen LogP contribution in [0.3, 0.4) is 0 Å². The number of hydrogen-bond acceptors (Lipinski definition) is 4. The van der Waals surface area contributed by atoms with Crippen LogP contribution in [0.1, 0.15) is 5.82 Å². The highest BCUT2D eigenvalue weighted by Crippen LogP contribution is 2.06. The summed E-state index contributed by atoms with van der Waals surface area (Å²) in [4.78, 5) is 19.6. The summed E-state index contributed by atoms with van der Waals surface area (Å²) < 4.78 is 3.61. The molecule has 6 nitrogen and oxygen atoms in total. The molecular formula is C13H13N5OS. The van der Waals surface area contributed by atoms with Gasteiger partial charge in [-0.15, -0.1) is 0 Å². The lowest BCUT2D eigenvalue weighted by Crippen LogP contribution is -2.23. The van der Waals surface area contributed by atoms with Crippen molar-refractivity contribution in [1.82, 2.24) is 24.3 Å². The maximum absolute atomic E-state index is 12.4. The molecule has 0 unspecified atom stereocenters. The molecule has 0 spiro atoms. The van der Waals surface area contributed by atoms with Crippen LogP contribution in [0, 0.1) is 4.77 Å². The van der Waals surface area contributed by atoms with Gasteiger partial charge in [0.1, 0.15) is 6.33 Å². The predicted molar refractivity (Wildman–Crippen MR) is 78.1 cm³/mol. The molecule has 0 amide bonds. The minimum absolute atomic E-state index is 0.0831. The first kappa shape index (κ1) is 12.7. The Morgan fingerprint density at radius 2 is 2.15 bits per heavy atom. The maximum Gasteiger partial charge on any atom is 0.262 e. The van der Waals surface area contributed by atoms with Gasteiger partial charge >= 0.3 is 0 Å². The van der Waals surface area contributed by atoms with E-state index < -0.39 is 0 Å². The third kappa shape index (κ3) is 2.27. The second-order valence-corrected chi connectivity index (χ2v) is 4.90. The summed E-state index contributed by atoms with van der Waals surface area (Å²) in [5, 5.41) is 4.83. The Morgan fingerprint density at radius 3 is 2.90 bits per heavy atom. The molecule has 0 saturated carbocycles. The standard InChI is InChI=1S/C13H13N5OS/c1-17-8-14-11(16-17)6-7-18-12(19)9-4-2-3-5-10(9)15-13(18)20/h2-5,8H,6-7H2,1H3,(H,15,20). The number of aromatic nitrogens is 5. The summed E-state index contributed by atoms with van der Waals surface area (Å²) in [7, 11) is 1.81. The Bertz CT molecular complexity index is 876. The largest absolute Gasteiger partial charge is 0.332 e. The molecule has 0 bridgehead atoms. The minimum Gasteiger partial charge on any atom is -0.332 e. The van der Waals surface area contributed by atoms with Crippen LogP contribution in [0.25, 0.3) is 10.9 Å². The molecule has 1 aromatic carbocycles. The number of nitrogens with one attached hydrogen (secondary N) is 1. The van der Waals surface area contributed by atoms with Crippen molar-refractivity contribution in [3.63, 3.8) is 0 Å². The van der Waals surface area contributed by atoms with Crippen LogP contribution in [0.4, 0.5) is 0 Å². The molecule has 0 atom stereocenters. The van der Waals surface area contributed by atoms with Gasteiger partial charge in [-0.1, -0.05) is 12.1 Å². The second-order valence-electron chi connectivity index (χ2n) is 4.52. The van der Waals surface area contributed by atoms with Gasteiger partial charge in [-0.05, 0) is 24.4 Å². The van der Waals surface area contributed by atoms with Gasteiger partial charge in [0, 0.05) is 20.0 Å². The first-order valence-corrected chi connectivity index (χ1v) is 6.62. The fourth-order valence-electron chi connectivity index (χ4n) is 2.11. The van der Waals surface area contributed by atoms with E-state index in [9.17, 15) is 4.79 Å². The van der Waals surface area contributed by atoms with E-state index in [1.165, 1.54) is 0 Å². The number of fused-ring (bicyclic) bond motifs is 1. The fraction of sp³-hybridized carbons (Fsp3) is 0.231. The Hall–Kier alpha value is -2.28. The molecule has 0 aliphatic heterocycles. The highest BCUT2D eigenvalue weighted by molar-refractivity contribution is 7.71. The average Bonchev–Trinajstić information content (AvgIpc) is 2.84. The zero-order chi connectivity index (χ0) is 14.1. The molecule has 0 saturated heterocycles. The van der Waals surface area contributed by atoms with E-state index in [0.717, 1.165) is 5.52 Å². The number of aryl methyl sites for hydroxylation is 2. The van der Waals surface area contributed by atoms with E-state index in [2.05, 4.69) is 15.1 Å². The zero-order valence-corrected chi connectivity index (χ0v) is 11.7. The van der Waals surface area contributed by atoms with E-state index in [4.69, 9.17) is 12.2 Å². The lowest BCUT2D eigenvalue weighted by atomic mass is 10.2. The number of aromatic amines is 1. The van der Waals surface area contributed by atoms with Crippen molar-refractivity contribution >= 4 is 23.1 Å². The van der Waals surface area contributed by atoms with E-state index in [0.29, 0.717) is 28.9 Å². The van der Waals surface area contributed by atoms with E-state index >= 15 is 0 Å². The van der Waals surface area contributed by atoms with E-state index in [1.807, 2.05) is 25.2 Å². The third-order valence-corrected chi connectivity index (χ3v) is 3.42. The van der Waals surface area contributed by atoms with Crippen molar-refractivity contribution in [2.75, 3.05) is 0 Å². The lowest BCUT2D eigenvalue weighted by Gasteiger charge is -2.06. The van der Waals surface area contributed by atoms with Crippen LogP contribution in [-0.2, 0) is 20.0 Å². The maximum atomic E-state index is 12.4. The number of nitrogens with zero attached hydrogens (tertiary/aromatic N) is 4. The van der Waals surface area contributed by atoms with Crippen LogP contribution in [-0.4, -0.2) is 24.3 Å². The van der Waals surface area contributed by atoms with Gasteiger partial charge in [0.2, 0.25) is 0 Å². The van der Waals surface area contributed by atoms with Crippen LogP contribution in [0.2, 0.25) is 0 Å². The molecule has 20 heavy (non-hydrogen) atoms. The van der Waals surface area contributed by atoms with Gasteiger partial charge < -0.3 is 4.98 Å². The van der Waals surface area contributed by atoms with Crippen LogP contribution >= 0.6 is 12.2 Å². The van der Waals surface area contributed by atoms with Crippen LogP contribution in [0.15, 0.2) is 35.4 Å². The van der Waals surface area contributed by atoms with E-state index in [1.54, 1.807) is 21.6 Å². The number of benzene rings is 1. The fourth-order valence-corrected chi connectivity index (χ4v) is 2.40. The zero-order valence-electron chi connectivity index (χ0n) is 10.9. The highest BCUT2D eigenvalue weighted by Gasteiger charge is 2.06. The summed E-state index contributed by atoms with van der Waals surface area (Å²) in [6, 6.07) is 7.34. The lowest BCUT2D eigenvalue weighted by molar-refractivity contribution is 0.627. The number of para-hydroxylation sites is 1. The summed E-state index contributed by atoms with van der Waals surface area (Å²) in [6.07, 6.45) is 2.20. The van der Waals surface area contributed by atoms with Crippen LogP contribution < -0.4 is 5.56 Å². The predicted octanol–water partition coefficient (Wildman–Crippen LogP) is 1.43. The SMILES string of the molecule is Cn1cnc(CCn2c(=S)[nH]c3ccccc3c2=O)n1. The third-order valence-electron chi connectivity index (χ3n) is 3.10. The molecule has 3 rings (SSSR count). The molecule has 2 aromatic heterocycles. The monoisotopic (exact) mass is 287 g/mol. The summed E-state index contributed by atoms with van der Waals surface area (Å²) >= 11 is 5.25. The normalized spacial score (nSPS) is 11.1. The quantitative estimate of drug-likeness (QED) is 0.740. The van der Waals surface area contributed by atoms with Gasteiger partial charge in [0.15, 0.2) is 10.6 Å². The molecule has 0 fully saturated rings. The Morgan fingerprint density at radius 1 is 1.35 bits per heavy atom. The topological polar surface area (TPSA) is 68.5 Å². The molecular weight excluding hydrogens is 274 g/mol. The van der Waals surface area contributed by atoms with Gasteiger partial charge in [0.05, 0.1) is 10.9 Å². The smallest absolute Gasteiger partial charge is 0.262 e. The van der Waals surface area contributed by atoms with Crippen molar-refractivity contribution in [1.29, 1.82) is 0 Å². The molecule has 102 valence electrons. The number of hydrogen-bond donors (Lipinski definition) is 1. The van der Waals surface area contributed by atoms with Crippen molar-refractivity contribution in [2.24, 2.45) is 7.05 Å². The van der Waals surface area contributed by atoms with Crippen molar-refractivity contribution in [3.8, 4) is 0 Å². The van der Waals surface area contributed by atoms with Crippen LogP contribution in [0.5, 0.6) is 0 Å². The Labute approximate surface area is 119 Å². The van der Waals surface area contributed by atoms with Gasteiger partial charge in [-0.3, -0.25) is 14.0 Å². The van der Waals surface area contributed by atoms with Gasteiger partial charge in [-0.25, -0.2) is 4.98 Å². The first-order chi connectivity index (χ1) is 9.65. The van der Waals surface area contributed by atoms with E-state index in [-0.39, 0.29) is 5.56 Å². The molecule has 7 heteroatoms. The molecule has 0 radical (unpaired) electrons. The molecule has 0 aliphatic carbocycles. The molecule has 3 aromatic rings. The summed E-state index contributed by atoms with van der Waals surface area (Å²) in [5.41, 5.74) is 0.676. The molecule has 1 N–H and O–H groups in total. The Kier molecular flexibility index (Phi) is 3.19. The van der Waals surface area contributed by atoms with Crippen molar-refractivity contribution in [2.45, 2.75) is 13.0 Å². The van der Waals surface area contributed by atoms with Crippen molar-refractivity contribution < 1.29 is 0 Å². The Balaban J connectivity index is 1.99. The van der Waals surface area contributed by atoms with Crippen molar-refractivity contribution in [3.05, 3.63) is 51.5 Å². The van der Waals surface area contributed by atoms with Gasteiger partial charge in [-0.2, -0.15) is 5.10 Å². The van der Waals surface area contributed by atoms with Gasteiger partial charge in [0.25, 0.3) is 5.56 Å². The minimum atomic E-state index is -0.0831. The second kappa shape index (κ2) is 5.01. The number of H-pyrrole nitrogens is 1. The summed E-state index contributed by atoms with van der Waals surface area (Å²) in [6.45, 7) is 0.461. The molecule has 2 heterocycles. The summed E-state index contributed by atoms with van der Waals surface area (Å²) in [5.74, 6) is 0.696. The number of rotatable bonds is 3. The average molecular weight is 287 g/mol. The molecule has 0 aliphatic rings. The highest BCUT2D eigenvalue weighted by atomic mass is 32.1. The first-order valence-electron chi connectivity index (χ1n) is 6.21.